The Bertz CT molecular complexity index is 155. The van der Waals surface area contributed by atoms with Gasteiger partial charge in [-0.1, -0.05) is 6.42 Å². The first-order valence-electron chi connectivity index (χ1n) is 4.96. The fourth-order valence-electron chi connectivity index (χ4n) is 1.48. The van der Waals surface area contributed by atoms with Gasteiger partial charge in [0.15, 0.2) is 0 Å². The predicted octanol–water partition coefficient (Wildman–Crippen LogP) is 2.10. The zero-order valence-corrected chi connectivity index (χ0v) is 8.07. The van der Waals surface area contributed by atoms with E-state index in [1.165, 1.54) is 0 Å². The lowest BCUT2D eigenvalue weighted by Crippen LogP contribution is -2.37. The van der Waals surface area contributed by atoms with E-state index in [1.807, 2.05) is 0 Å². The molecule has 0 aromatic carbocycles. The molecule has 1 fully saturated rings. The minimum absolute atomic E-state index is 0.221. The van der Waals surface area contributed by atoms with Gasteiger partial charge in [0, 0.05) is 6.04 Å². The second kappa shape index (κ2) is 5.56. The van der Waals surface area contributed by atoms with E-state index in [9.17, 15) is 13.2 Å². The third-order valence-electron chi connectivity index (χ3n) is 2.26. The van der Waals surface area contributed by atoms with E-state index in [0.29, 0.717) is 6.61 Å². The van der Waals surface area contributed by atoms with Crippen molar-refractivity contribution in [1.82, 2.24) is 5.32 Å². The van der Waals surface area contributed by atoms with Crippen molar-refractivity contribution in [1.29, 1.82) is 0 Å². The molecule has 0 aliphatic carbocycles. The summed E-state index contributed by atoms with van der Waals surface area (Å²) in [4.78, 5) is 0. The minimum atomic E-state index is -4.10. The SMILES string of the molecule is FC(F)(F)CCOCC1CCCCN1. The minimum Gasteiger partial charge on any atom is -0.379 e. The molecule has 5 heteroatoms. The molecular formula is C9H16F3NO. The third-order valence-corrected chi connectivity index (χ3v) is 2.26. The van der Waals surface area contributed by atoms with Gasteiger partial charge in [-0.05, 0) is 19.4 Å². The highest BCUT2D eigenvalue weighted by atomic mass is 19.4. The molecule has 2 nitrogen and oxygen atoms in total. The Hall–Kier alpha value is -0.290. The fourth-order valence-corrected chi connectivity index (χ4v) is 1.48. The Balaban J connectivity index is 1.97. The van der Waals surface area contributed by atoms with Crippen LogP contribution in [0.2, 0.25) is 0 Å². The van der Waals surface area contributed by atoms with Gasteiger partial charge < -0.3 is 10.1 Å². The molecule has 14 heavy (non-hydrogen) atoms. The fraction of sp³-hybridized carbons (Fsp3) is 1.00. The number of ether oxygens (including phenoxy) is 1. The third kappa shape index (κ3) is 5.44. The number of alkyl halides is 3. The van der Waals surface area contributed by atoms with Crippen LogP contribution in [0.1, 0.15) is 25.7 Å². The molecule has 0 amide bonds. The summed E-state index contributed by atoms with van der Waals surface area (Å²) in [5.41, 5.74) is 0. The van der Waals surface area contributed by atoms with Crippen LogP contribution in [-0.4, -0.2) is 32.0 Å². The lowest BCUT2D eigenvalue weighted by molar-refractivity contribution is -0.145. The van der Waals surface area contributed by atoms with Gasteiger partial charge in [0.2, 0.25) is 0 Å². The average Bonchev–Trinajstić information content (AvgIpc) is 2.13. The maximum Gasteiger partial charge on any atom is 0.391 e. The van der Waals surface area contributed by atoms with Crippen molar-refractivity contribution in [3.63, 3.8) is 0 Å². The highest BCUT2D eigenvalue weighted by Gasteiger charge is 2.26. The number of nitrogens with one attached hydrogen (secondary N) is 1. The maximum absolute atomic E-state index is 11.7. The number of hydrogen-bond acceptors (Lipinski definition) is 2. The summed E-state index contributed by atoms with van der Waals surface area (Å²) >= 11 is 0. The summed E-state index contributed by atoms with van der Waals surface area (Å²) in [6.45, 7) is 1.13. The van der Waals surface area contributed by atoms with E-state index < -0.39 is 12.6 Å². The van der Waals surface area contributed by atoms with Crippen LogP contribution < -0.4 is 5.32 Å². The molecule has 1 aliphatic rings. The average molecular weight is 211 g/mol. The lowest BCUT2D eigenvalue weighted by atomic mass is 10.1. The van der Waals surface area contributed by atoms with E-state index in [0.717, 1.165) is 25.8 Å². The van der Waals surface area contributed by atoms with Gasteiger partial charge in [-0.2, -0.15) is 13.2 Å². The van der Waals surface area contributed by atoms with Gasteiger partial charge in [0.05, 0.1) is 19.6 Å². The summed E-state index contributed by atoms with van der Waals surface area (Å²) in [6.07, 6.45) is -1.65. The quantitative estimate of drug-likeness (QED) is 0.719. The van der Waals surface area contributed by atoms with Crippen LogP contribution in [0, 0.1) is 0 Å². The number of hydrogen-bond donors (Lipinski definition) is 1. The number of piperidine rings is 1. The van der Waals surface area contributed by atoms with E-state index in [2.05, 4.69) is 5.32 Å². The molecule has 0 aromatic rings. The van der Waals surface area contributed by atoms with Crippen molar-refractivity contribution in [2.75, 3.05) is 19.8 Å². The lowest BCUT2D eigenvalue weighted by Gasteiger charge is -2.23. The molecule has 0 bridgehead atoms. The Morgan fingerprint density at radius 1 is 1.29 bits per heavy atom. The molecule has 0 radical (unpaired) electrons. The van der Waals surface area contributed by atoms with Crippen molar-refractivity contribution in [3.05, 3.63) is 0 Å². The van der Waals surface area contributed by atoms with Crippen LogP contribution in [0.25, 0.3) is 0 Å². The Kier molecular flexibility index (Phi) is 4.68. The Morgan fingerprint density at radius 3 is 2.64 bits per heavy atom. The second-order valence-corrected chi connectivity index (χ2v) is 3.59. The van der Waals surface area contributed by atoms with Gasteiger partial charge in [-0.3, -0.25) is 0 Å². The Labute approximate surface area is 81.8 Å². The topological polar surface area (TPSA) is 21.3 Å². The highest BCUT2D eigenvalue weighted by molar-refractivity contribution is 4.71. The Morgan fingerprint density at radius 2 is 2.07 bits per heavy atom. The smallest absolute Gasteiger partial charge is 0.379 e. The monoisotopic (exact) mass is 211 g/mol. The number of halogens is 3. The molecule has 0 saturated carbocycles. The first kappa shape index (κ1) is 11.8. The molecule has 84 valence electrons. The van der Waals surface area contributed by atoms with Crippen LogP contribution in [-0.2, 0) is 4.74 Å². The molecule has 1 saturated heterocycles. The molecule has 1 heterocycles. The standard InChI is InChI=1S/C9H16F3NO/c10-9(11,12)4-6-14-7-8-3-1-2-5-13-8/h8,13H,1-7H2. The van der Waals surface area contributed by atoms with Crippen molar-refractivity contribution in [2.24, 2.45) is 0 Å². The van der Waals surface area contributed by atoms with Crippen LogP contribution in [0.4, 0.5) is 13.2 Å². The van der Waals surface area contributed by atoms with Crippen molar-refractivity contribution in [3.8, 4) is 0 Å². The normalized spacial score (nSPS) is 23.8. The summed E-state index contributed by atoms with van der Waals surface area (Å²) < 4.78 is 40.1. The summed E-state index contributed by atoms with van der Waals surface area (Å²) in [7, 11) is 0. The van der Waals surface area contributed by atoms with Crippen molar-refractivity contribution >= 4 is 0 Å². The molecule has 1 aliphatic heterocycles. The number of rotatable bonds is 4. The van der Waals surface area contributed by atoms with Gasteiger partial charge in [0.1, 0.15) is 0 Å². The molecular weight excluding hydrogens is 195 g/mol. The summed E-state index contributed by atoms with van der Waals surface area (Å²) in [5.74, 6) is 0. The molecule has 1 rings (SSSR count). The van der Waals surface area contributed by atoms with Gasteiger partial charge in [-0.15, -0.1) is 0 Å². The molecule has 0 aromatic heterocycles. The molecule has 1 unspecified atom stereocenters. The zero-order valence-electron chi connectivity index (χ0n) is 8.07. The molecule has 1 N–H and O–H groups in total. The first-order chi connectivity index (χ1) is 6.58. The maximum atomic E-state index is 11.7. The van der Waals surface area contributed by atoms with Crippen LogP contribution >= 0.6 is 0 Å². The summed E-state index contributed by atoms with van der Waals surface area (Å²) in [6, 6.07) is 0.247. The molecule has 1 atom stereocenters. The first-order valence-corrected chi connectivity index (χ1v) is 4.96. The predicted molar refractivity (Wildman–Crippen MR) is 47.1 cm³/mol. The molecule has 0 spiro atoms. The van der Waals surface area contributed by atoms with Crippen molar-refractivity contribution in [2.45, 2.75) is 37.9 Å². The van der Waals surface area contributed by atoms with E-state index in [-0.39, 0.29) is 12.6 Å². The second-order valence-electron chi connectivity index (χ2n) is 3.59. The van der Waals surface area contributed by atoms with Crippen LogP contribution in [0.15, 0.2) is 0 Å². The van der Waals surface area contributed by atoms with E-state index >= 15 is 0 Å². The zero-order chi connectivity index (χ0) is 10.4. The van der Waals surface area contributed by atoms with Crippen LogP contribution in [0.3, 0.4) is 0 Å². The van der Waals surface area contributed by atoms with Crippen LogP contribution in [0.5, 0.6) is 0 Å². The summed E-state index contributed by atoms with van der Waals surface area (Å²) in [5, 5.41) is 3.21. The van der Waals surface area contributed by atoms with E-state index in [1.54, 1.807) is 0 Å². The largest absolute Gasteiger partial charge is 0.391 e. The van der Waals surface area contributed by atoms with Gasteiger partial charge >= 0.3 is 6.18 Å². The highest BCUT2D eigenvalue weighted by Crippen LogP contribution is 2.19. The van der Waals surface area contributed by atoms with Gasteiger partial charge in [0.25, 0.3) is 0 Å². The van der Waals surface area contributed by atoms with Crippen molar-refractivity contribution < 1.29 is 17.9 Å². The van der Waals surface area contributed by atoms with Gasteiger partial charge in [-0.25, -0.2) is 0 Å². The van der Waals surface area contributed by atoms with E-state index in [4.69, 9.17) is 4.74 Å².